The molecule has 0 aromatic carbocycles. The molecule has 78 valence electrons. The molecule has 0 bridgehead atoms. The number of hydrogen-bond donors (Lipinski definition) is 1. The predicted molar refractivity (Wildman–Crippen MR) is 59.4 cm³/mol. The lowest BCUT2D eigenvalue weighted by Crippen LogP contribution is -2.25. The van der Waals surface area contributed by atoms with Crippen LogP contribution >= 0.6 is 15.9 Å². The highest BCUT2D eigenvalue weighted by molar-refractivity contribution is 9.10. The molecule has 1 rings (SSSR count). The van der Waals surface area contributed by atoms with E-state index in [2.05, 4.69) is 15.9 Å². The van der Waals surface area contributed by atoms with Gasteiger partial charge >= 0.3 is 0 Å². The van der Waals surface area contributed by atoms with Gasteiger partial charge in [-0.2, -0.15) is 0 Å². The van der Waals surface area contributed by atoms with E-state index in [1.54, 1.807) is 23.8 Å². The highest BCUT2D eigenvalue weighted by atomic mass is 79.9. The molecule has 1 heterocycles. The van der Waals surface area contributed by atoms with Crippen LogP contribution in [0.1, 0.15) is 12.5 Å². The first-order chi connectivity index (χ1) is 6.54. The summed E-state index contributed by atoms with van der Waals surface area (Å²) >= 11 is 3.34. The third-order valence-corrected chi connectivity index (χ3v) is 2.49. The van der Waals surface area contributed by atoms with Gasteiger partial charge in [0, 0.05) is 29.4 Å². The molecule has 1 aromatic heterocycles. The normalized spacial score (nSPS) is 12.9. The van der Waals surface area contributed by atoms with E-state index < -0.39 is 0 Å². The summed E-state index contributed by atoms with van der Waals surface area (Å²) in [7, 11) is 0. The van der Waals surface area contributed by atoms with Crippen molar-refractivity contribution in [1.29, 1.82) is 0 Å². The summed E-state index contributed by atoms with van der Waals surface area (Å²) in [6.07, 6.45) is 1.75. The minimum Gasteiger partial charge on any atom is -0.396 e. The fourth-order valence-corrected chi connectivity index (χ4v) is 1.86. The predicted octanol–water partition coefficient (Wildman–Crippen LogP) is 1.55. The Morgan fingerprint density at radius 1 is 1.64 bits per heavy atom. The monoisotopic (exact) mass is 259 g/mol. The number of aryl methyl sites for hydroxylation is 1. The van der Waals surface area contributed by atoms with Crippen LogP contribution in [0.2, 0.25) is 0 Å². The minimum absolute atomic E-state index is 0.00787. The number of pyridine rings is 1. The van der Waals surface area contributed by atoms with E-state index in [1.165, 1.54) is 0 Å². The van der Waals surface area contributed by atoms with Gasteiger partial charge in [-0.1, -0.05) is 6.92 Å². The molecular weight excluding hydrogens is 246 g/mol. The van der Waals surface area contributed by atoms with Crippen molar-refractivity contribution in [1.82, 2.24) is 4.57 Å². The zero-order chi connectivity index (χ0) is 10.7. The summed E-state index contributed by atoms with van der Waals surface area (Å²) in [6, 6.07) is 1.79. The summed E-state index contributed by atoms with van der Waals surface area (Å²) < 4.78 is 2.51. The molecule has 0 aliphatic rings. The second-order valence-corrected chi connectivity index (χ2v) is 4.50. The van der Waals surface area contributed by atoms with Crippen LogP contribution in [0.5, 0.6) is 0 Å². The Labute approximate surface area is 91.5 Å². The molecule has 0 aliphatic carbocycles. The Morgan fingerprint density at radius 2 is 2.29 bits per heavy atom. The maximum Gasteiger partial charge on any atom is 0.253 e. The SMILES string of the molecule is Cc1cc(Br)cn(CC(C)CO)c1=O. The largest absolute Gasteiger partial charge is 0.396 e. The van der Waals surface area contributed by atoms with E-state index in [9.17, 15) is 4.79 Å². The van der Waals surface area contributed by atoms with Gasteiger partial charge < -0.3 is 9.67 Å². The molecule has 0 fully saturated rings. The molecule has 0 saturated carbocycles. The molecule has 1 unspecified atom stereocenters. The Morgan fingerprint density at radius 3 is 2.86 bits per heavy atom. The molecule has 0 aliphatic heterocycles. The van der Waals surface area contributed by atoms with Crippen LogP contribution in [0.4, 0.5) is 0 Å². The van der Waals surface area contributed by atoms with E-state index in [0.29, 0.717) is 12.1 Å². The molecule has 4 heteroatoms. The van der Waals surface area contributed by atoms with Crippen LogP contribution < -0.4 is 5.56 Å². The fourth-order valence-electron chi connectivity index (χ4n) is 1.27. The van der Waals surface area contributed by atoms with E-state index in [-0.39, 0.29) is 18.1 Å². The Balaban J connectivity index is 3.02. The number of aliphatic hydroxyl groups excluding tert-OH is 1. The maximum absolute atomic E-state index is 11.6. The molecule has 14 heavy (non-hydrogen) atoms. The quantitative estimate of drug-likeness (QED) is 0.895. The van der Waals surface area contributed by atoms with Crippen LogP contribution in [-0.2, 0) is 6.54 Å². The van der Waals surface area contributed by atoms with Crippen LogP contribution in [0.15, 0.2) is 21.5 Å². The van der Waals surface area contributed by atoms with Gasteiger partial charge in [0.2, 0.25) is 0 Å². The first-order valence-electron chi connectivity index (χ1n) is 4.52. The fraction of sp³-hybridized carbons (Fsp3) is 0.500. The molecule has 0 radical (unpaired) electrons. The standard InChI is InChI=1S/C10H14BrNO2/c1-7(6-13)4-12-5-9(11)3-8(2)10(12)14/h3,5,7,13H,4,6H2,1-2H3. The highest BCUT2D eigenvalue weighted by Gasteiger charge is 2.05. The lowest BCUT2D eigenvalue weighted by Gasteiger charge is -2.11. The maximum atomic E-state index is 11.6. The summed E-state index contributed by atoms with van der Waals surface area (Å²) in [5, 5.41) is 8.90. The first kappa shape index (κ1) is 11.5. The second kappa shape index (κ2) is 4.75. The molecule has 3 nitrogen and oxygen atoms in total. The van der Waals surface area contributed by atoms with E-state index >= 15 is 0 Å². The zero-order valence-corrected chi connectivity index (χ0v) is 9.91. The van der Waals surface area contributed by atoms with Gasteiger partial charge in [-0.25, -0.2) is 0 Å². The van der Waals surface area contributed by atoms with Crippen molar-refractivity contribution in [3.05, 3.63) is 32.7 Å². The molecule has 1 N–H and O–H groups in total. The lowest BCUT2D eigenvalue weighted by molar-refractivity contribution is 0.221. The highest BCUT2D eigenvalue weighted by Crippen LogP contribution is 2.09. The summed E-state index contributed by atoms with van der Waals surface area (Å²) in [5.74, 6) is 0.0985. The third kappa shape index (κ3) is 2.69. The summed E-state index contributed by atoms with van der Waals surface area (Å²) in [6.45, 7) is 4.34. The molecule has 0 saturated heterocycles. The Bertz CT molecular complexity index is 373. The number of aromatic nitrogens is 1. The van der Waals surface area contributed by atoms with Gasteiger partial charge in [-0.05, 0) is 34.8 Å². The van der Waals surface area contributed by atoms with Crippen molar-refractivity contribution >= 4 is 15.9 Å². The number of halogens is 1. The summed E-state index contributed by atoms with van der Waals surface area (Å²) in [4.78, 5) is 11.6. The molecule has 1 atom stereocenters. The second-order valence-electron chi connectivity index (χ2n) is 3.59. The van der Waals surface area contributed by atoms with E-state index in [0.717, 1.165) is 4.47 Å². The average Bonchev–Trinajstić information content (AvgIpc) is 2.13. The molecule has 1 aromatic rings. The first-order valence-corrected chi connectivity index (χ1v) is 5.31. The van der Waals surface area contributed by atoms with Crippen molar-refractivity contribution < 1.29 is 5.11 Å². The van der Waals surface area contributed by atoms with Gasteiger partial charge in [0.05, 0.1) is 0 Å². The van der Waals surface area contributed by atoms with E-state index in [4.69, 9.17) is 5.11 Å². The smallest absolute Gasteiger partial charge is 0.253 e. The molecule has 0 amide bonds. The Kier molecular flexibility index (Phi) is 3.89. The average molecular weight is 260 g/mol. The topological polar surface area (TPSA) is 42.2 Å². The van der Waals surface area contributed by atoms with Crippen molar-refractivity contribution in [2.75, 3.05) is 6.61 Å². The number of nitrogens with zero attached hydrogens (tertiary/aromatic N) is 1. The van der Waals surface area contributed by atoms with Crippen LogP contribution in [-0.4, -0.2) is 16.3 Å². The van der Waals surface area contributed by atoms with Crippen molar-refractivity contribution in [3.8, 4) is 0 Å². The van der Waals surface area contributed by atoms with Crippen molar-refractivity contribution in [2.24, 2.45) is 5.92 Å². The van der Waals surface area contributed by atoms with Crippen LogP contribution in [0, 0.1) is 12.8 Å². The number of rotatable bonds is 3. The Hall–Kier alpha value is -0.610. The van der Waals surface area contributed by atoms with Crippen LogP contribution in [0.3, 0.4) is 0 Å². The summed E-state index contributed by atoms with van der Waals surface area (Å²) in [5.41, 5.74) is 0.720. The van der Waals surface area contributed by atoms with Gasteiger partial charge in [0.1, 0.15) is 0 Å². The number of hydrogen-bond acceptors (Lipinski definition) is 2. The van der Waals surface area contributed by atoms with Gasteiger partial charge in [0.15, 0.2) is 0 Å². The molecular formula is C10H14BrNO2. The number of aliphatic hydroxyl groups is 1. The minimum atomic E-state index is 0.00787. The van der Waals surface area contributed by atoms with Gasteiger partial charge in [-0.15, -0.1) is 0 Å². The van der Waals surface area contributed by atoms with Gasteiger partial charge in [0.25, 0.3) is 5.56 Å². The third-order valence-electron chi connectivity index (χ3n) is 2.05. The van der Waals surface area contributed by atoms with Crippen molar-refractivity contribution in [2.45, 2.75) is 20.4 Å². The van der Waals surface area contributed by atoms with Crippen molar-refractivity contribution in [3.63, 3.8) is 0 Å². The molecule has 0 spiro atoms. The van der Waals surface area contributed by atoms with E-state index in [1.807, 2.05) is 6.92 Å². The van der Waals surface area contributed by atoms with Crippen LogP contribution in [0.25, 0.3) is 0 Å². The zero-order valence-electron chi connectivity index (χ0n) is 8.33. The van der Waals surface area contributed by atoms with Gasteiger partial charge in [-0.3, -0.25) is 4.79 Å². The lowest BCUT2D eigenvalue weighted by atomic mass is 10.2.